The van der Waals surface area contributed by atoms with E-state index < -0.39 is 0 Å². The molecule has 2 rings (SSSR count). The zero-order valence-corrected chi connectivity index (χ0v) is 9.62. The van der Waals surface area contributed by atoms with E-state index in [2.05, 4.69) is 11.8 Å². The second-order valence-corrected chi connectivity index (χ2v) is 4.67. The summed E-state index contributed by atoms with van der Waals surface area (Å²) in [6.45, 7) is 4.08. The molecule has 0 radical (unpaired) electrons. The molecule has 0 aliphatic carbocycles. The van der Waals surface area contributed by atoms with Gasteiger partial charge in [0, 0.05) is 18.8 Å². The molecule has 1 aliphatic heterocycles. The van der Waals surface area contributed by atoms with Gasteiger partial charge in [0.2, 0.25) is 0 Å². The number of halogens is 1. The number of anilines is 1. The summed E-state index contributed by atoms with van der Waals surface area (Å²) < 4.78 is 13.3. The van der Waals surface area contributed by atoms with Crippen LogP contribution in [0.2, 0.25) is 0 Å². The lowest BCUT2D eigenvalue weighted by Gasteiger charge is -2.33. The van der Waals surface area contributed by atoms with Crippen LogP contribution in [-0.2, 0) is 6.61 Å². The molecule has 88 valence electrons. The van der Waals surface area contributed by atoms with E-state index in [0.717, 1.165) is 25.2 Å². The van der Waals surface area contributed by atoms with Gasteiger partial charge in [0.05, 0.1) is 6.61 Å². The molecule has 1 fully saturated rings. The van der Waals surface area contributed by atoms with Crippen LogP contribution in [0.1, 0.15) is 25.3 Å². The lowest BCUT2D eigenvalue weighted by Crippen LogP contribution is -2.34. The summed E-state index contributed by atoms with van der Waals surface area (Å²) in [7, 11) is 0. The SMILES string of the molecule is CC1CCCN(c2cc(F)cc(CO)c2)C1. The fourth-order valence-corrected chi connectivity index (χ4v) is 2.33. The quantitative estimate of drug-likeness (QED) is 0.833. The first-order chi connectivity index (χ1) is 7.69. The molecule has 1 aromatic rings. The van der Waals surface area contributed by atoms with Crippen LogP contribution in [0.15, 0.2) is 18.2 Å². The Morgan fingerprint density at radius 3 is 2.94 bits per heavy atom. The van der Waals surface area contributed by atoms with Gasteiger partial charge in [0.25, 0.3) is 0 Å². The maximum atomic E-state index is 13.3. The number of aliphatic hydroxyl groups excluding tert-OH is 1. The Morgan fingerprint density at radius 2 is 2.25 bits per heavy atom. The first-order valence-corrected chi connectivity index (χ1v) is 5.84. The molecule has 1 N–H and O–H groups in total. The van der Waals surface area contributed by atoms with Crippen LogP contribution in [-0.4, -0.2) is 18.2 Å². The van der Waals surface area contributed by atoms with Crippen molar-refractivity contribution in [3.8, 4) is 0 Å². The maximum absolute atomic E-state index is 13.3. The van der Waals surface area contributed by atoms with Crippen LogP contribution in [0.4, 0.5) is 10.1 Å². The Morgan fingerprint density at radius 1 is 1.44 bits per heavy atom. The normalized spacial score (nSPS) is 21.2. The zero-order valence-electron chi connectivity index (χ0n) is 9.62. The molecule has 1 unspecified atom stereocenters. The van der Waals surface area contributed by atoms with E-state index in [9.17, 15) is 4.39 Å². The number of benzene rings is 1. The van der Waals surface area contributed by atoms with E-state index in [0.29, 0.717) is 11.5 Å². The molecule has 1 saturated heterocycles. The number of aliphatic hydroxyl groups is 1. The summed E-state index contributed by atoms with van der Waals surface area (Å²) in [4.78, 5) is 2.20. The van der Waals surface area contributed by atoms with Gasteiger partial charge >= 0.3 is 0 Å². The van der Waals surface area contributed by atoms with Gasteiger partial charge in [-0.05, 0) is 42.5 Å². The van der Waals surface area contributed by atoms with Crippen LogP contribution in [0.5, 0.6) is 0 Å². The molecular weight excluding hydrogens is 205 g/mol. The average molecular weight is 223 g/mol. The van der Waals surface area contributed by atoms with Crippen molar-refractivity contribution in [2.45, 2.75) is 26.4 Å². The minimum atomic E-state index is -0.264. The number of hydrogen-bond acceptors (Lipinski definition) is 2. The summed E-state index contributed by atoms with van der Waals surface area (Å²) in [5.41, 5.74) is 1.55. The van der Waals surface area contributed by atoms with Crippen molar-refractivity contribution < 1.29 is 9.50 Å². The largest absolute Gasteiger partial charge is 0.392 e. The Bertz CT molecular complexity index is 367. The highest BCUT2D eigenvalue weighted by molar-refractivity contribution is 5.49. The van der Waals surface area contributed by atoms with Crippen molar-refractivity contribution in [1.82, 2.24) is 0 Å². The number of nitrogens with zero attached hydrogens (tertiary/aromatic N) is 1. The van der Waals surface area contributed by atoms with Crippen molar-refractivity contribution in [3.05, 3.63) is 29.6 Å². The maximum Gasteiger partial charge on any atom is 0.125 e. The molecular formula is C13H18FNO. The summed E-state index contributed by atoms with van der Waals surface area (Å²) in [6, 6.07) is 4.81. The molecule has 1 aliphatic rings. The topological polar surface area (TPSA) is 23.5 Å². The number of piperidine rings is 1. The van der Waals surface area contributed by atoms with Gasteiger partial charge in [-0.25, -0.2) is 4.39 Å². The minimum absolute atomic E-state index is 0.103. The Labute approximate surface area is 95.7 Å². The summed E-state index contributed by atoms with van der Waals surface area (Å²) in [6.07, 6.45) is 2.41. The first kappa shape index (κ1) is 11.4. The molecule has 2 nitrogen and oxygen atoms in total. The van der Waals surface area contributed by atoms with Gasteiger partial charge in [0.1, 0.15) is 5.82 Å². The third-order valence-corrected chi connectivity index (χ3v) is 3.15. The molecule has 1 atom stereocenters. The first-order valence-electron chi connectivity index (χ1n) is 5.84. The highest BCUT2D eigenvalue weighted by Crippen LogP contribution is 2.24. The van der Waals surface area contributed by atoms with Crippen LogP contribution in [0, 0.1) is 11.7 Å². The van der Waals surface area contributed by atoms with E-state index in [1.54, 1.807) is 6.07 Å². The Kier molecular flexibility index (Phi) is 3.44. The second kappa shape index (κ2) is 4.83. The molecule has 0 amide bonds. The van der Waals surface area contributed by atoms with Crippen LogP contribution in [0.3, 0.4) is 0 Å². The molecule has 0 spiro atoms. The molecule has 16 heavy (non-hydrogen) atoms. The van der Waals surface area contributed by atoms with Gasteiger partial charge in [-0.1, -0.05) is 6.92 Å². The predicted molar refractivity (Wildman–Crippen MR) is 62.9 cm³/mol. The molecule has 0 aromatic heterocycles. The summed E-state index contributed by atoms with van der Waals surface area (Å²) in [5.74, 6) is 0.398. The van der Waals surface area contributed by atoms with Gasteiger partial charge in [0.15, 0.2) is 0 Å². The standard InChI is InChI=1S/C13H18FNO/c1-10-3-2-4-15(8-10)13-6-11(9-16)5-12(14)7-13/h5-7,10,16H,2-4,8-9H2,1H3. The Balaban J connectivity index is 2.21. The average Bonchev–Trinajstić information content (AvgIpc) is 2.28. The summed E-state index contributed by atoms with van der Waals surface area (Å²) >= 11 is 0. The molecule has 0 saturated carbocycles. The summed E-state index contributed by atoms with van der Waals surface area (Å²) in [5, 5.41) is 9.05. The van der Waals surface area contributed by atoms with Crippen molar-refractivity contribution in [1.29, 1.82) is 0 Å². The lowest BCUT2D eigenvalue weighted by atomic mass is 9.99. The van der Waals surface area contributed by atoms with Gasteiger partial charge in [-0.2, -0.15) is 0 Å². The van der Waals surface area contributed by atoms with E-state index in [1.165, 1.54) is 12.5 Å². The van der Waals surface area contributed by atoms with Gasteiger partial charge in [-0.15, -0.1) is 0 Å². The van der Waals surface area contributed by atoms with Crippen molar-refractivity contribution in [3.63, 3.8) is 0 Å². The third-order valence-electron chi connectivity index (χ3n) is 3.15. The van der Waals surface area contributed by atoms with Crippen molar-refractivity contribution >= 4 is 5.69 Å². The van der Waals surface area contributed by atoms with Gasteiger partial charge in [-0.3, -0.25) is 0 Å². The monoisotopic (exact) mass is 223 g/mol. The predicted octanol–water partition coefficient (Wildman–Crippen LogP) is 2.55. The third kappa shape index (κ3) is 2.53. The fourth-order valence-electron chi connectivity index (χ4n) is 2.33. The second-order valence-electron chi connectivity index (χ2n) is 4.67. The lowest BCUT2D eigenvalue weighted by molar-refractivity contribution is 0.281. The van der Waals surface area contributed by atoms with Crippen LogP contribution in [0.25, 0.3) is 0 Å². The van der Waals surface area contributed by atoms with E-state index in [-0.39, 0.29) is 12.4 Å². The van der Waals surface area contributed by atoms with Crippen molar-refractivity contribution in [2.75, 3.05) is 18.0 Å². The minimum Gasteiger partial charge on any atom is -0.392 e. The van der Waals surface area contributed by atoms with Crippen molar-refractivity contribution in [2.24, 2.45) is 5.92 Å². The van der Waals surface area contributed by atoms with Gasteiger partial charge < -0.3 is 10.0 Å². The smallest absolute Gasteiger partial charge is 0.125 e. The fraction of sp³-hybridized carbons (Fsp3) is 0.538. The van der Waals surface area contributed by atoms with Crippen LogP contribution >= 0.6 is 0 Å². The molecule has 3 heteroatoms. The molecule has 0 bridgehead atoms. The highest BCUT2D eigenvalue weighted by atomic mass is 19.1. The molecule has 1 heterocycles. The number of rotatable bonds is 2. The van der Waals surface area contributed by atoms with E-state index >= 15 is 0 Å². The molecule has 1 aromatic carbocycles. The van der Waals surface area contributed by atoms with E-state index in [4.69, 9.17) is 5.11 Å². The highest BCUT2D eigenvalue weighted by Gasteiger charge is 2.17. The van der Waals surface area contributed by atoms with E-state index in [1.807, 2.05) is 6.07 Å². The Hall–Kier alpha value is -1.09. The van der Waals surface area contributed by atoms with Crippen LogP contribution < -0.4 is 4.90 Å². The zero-order chi connectivity index (χ0) is 11.5. The number of hydrogen-bond donors (Lipinski definition) is 1.